The van der Waals surface area contributed by atoms with Gasteiger partial charge in [0.05, 0.1) is 6.20 Å². The Bertz CT molecular complexity index is 1530. The van der Waals surface area contributed by atoms with Crippen molar-refractivity contribution in [1.29, 1.82) is 0 Å². The van der Waals surface area contributed by atoms with E-state index >= 15 is 0 Å². The SMILES string of the molecule is CN1C=CN(c2[c-]c(Oc3[c-]c(-n4cc(C(C)(c5ccccc5)c5ccccc5)cn4)ccc3)ccc2)[CH-]1.[Pt]. The molecule has 0 saturated heterocycles. The molecule has 5 aromatic rings. The summed E-state index contributed by atoms with van der Waals surface area (Å²) in [5, 5.41) is 4.72. The third kappa shape index (κ3) is 5.41. The summed E-state index contributed by atoms with van der Waals surface area (Å²) in [7, 11) is 1.99. The summed E-state index contributed by atoms with van der Waals surface area (Å²) >= 11 is 0. The molecule has 0 saturated carbocycles. The Morgan fingerprint density at radius 3 is 1.90 bits per heavy atom. The van der Waals surface area contributed by atoms with Gasteiger partial charge in [0, 0.05) is 49.7 Å². The van der Waals surface area contributed by atoms with Crippen molar-refractivity contribution in [3.8, 4) is 17.2 Å². The summed E-state index contributed by atoms with van der Waals surface area (Å²) in [6.45, 7) is 4.23. The van der Waals surface area contributed by atoms with Crippen LogP contribution in [0.15, 0.2) is 122 Å². The van der Waals surface area contributed by atoms with Gasteiger partial charge in [-0.05, 0) is 43.2 Å². The number of benzene rings is 4. The van der Waals surface area contributed by atoms with Crippen molar-refractivity contribution in [2.45, 2.75) is 12.3 Å². The zero-order chi connectivity index (χ0) is 26.0. The number of ether oxygens (including phenoxy) is 1. The minimum absolute atomic E-state index is 0. The van der Waals surface area contributed by atoms with Gasteiger partial charge in [0.15, 0.2) is 0 Å². The molecular weight excluding hydrogens is 663 g/mol. The molecule has 0 atom stereocenters. The second kappa shape index (κ2) is 11.3. The van der Waals surface area contributed by atoms with Crippen LogP contribution in [-0.4, -0.2) is 21.7 Å². The second-order valence-corrected chi connectivity index (χ2v) is 9.42. The van der Waals surface area contributed by atoms with Crippen LogP contribution in [0.4, 0.5) is 5.69 Å². The smallest absolute Gasteiger partial charge is 0.0537 e. The van der Waals surface area contributed by atoms with Gasteiger partial charge < -0.3 is 14.5 Å². The van der Waals surface area contributed by atoms with E-state index in [1.54, 1.807) is 0 Å². The van der Waals surface area contributed by atoms with E-state index in [1.807, 2.05) is 95.3 Å². The van der Waals surface area contributed by atoms with Crippen LogP contribution < -0.4 is 9.64 Å². The maximum Gasteiger partial charge on any atom is 0.0537 e. The summed E-state index contributed by atoms with van der Waals surface area (Å²) in [5.74, 6) is 1.22. The molecular formula is C33H27N4OPt-3. The molecule has 0 spiro atoms. The Hall–Kier alpha value is -4.08. The van der Waals surface area contributed by atoms with Crippen LogP contribution in [0.1, 0.15) is 23.6 Å². The third-order valence-corrected chi connectivity index (χ3v) is 6.88. The van der Waals surface area contributed by atoms with Crippen molar-refractivity contribution in [3.63, 3.8) is 0 Å². The first-order valence-corrected chi connectivity index (χ1v) is 12.5. The van der Waals surface area contributed by atoms with Gasteiger partial charge in [-0.2, -0.15) is 23.9 Å². The Morgan fingerprint density at radius 2 is 1.31 bits per heavy atom. The number of anilines is 1. The Kier molecular flexibility index (Phi) is 7.72. The van der Waals surface area contributed by atoms with Gasteiger partial charge in [-0.25, -0.2) is 0 Å². The number of hydrogen-bond donors (Lipinski definition) is 0. The molecule has 4 aromatic carbocycles. The van der Waals surface area contributed by atoms with Gasteiger partial charge in [0.2, 0.25) is 0 Å². The fraction of sp³-hybridized carbons (Fsp3) is 0.0909. The van der Waals surface area contributed by atoms with E-state index in [9.17, 15) is 0 Å². The number of nitrogens with zero attached hydrogens (tertiary/aromatic N) is 4. The van der Waals surface area contributed by atoms with Crippen LogP contribution in [0.2, 0.25) is 0 Å². The van der Waals surface area contributed by atoms with Crippen molar-refractivity contribution in [2.24, 2.45) is 0 Å². The maximum absolute atomic E-state index is 6.15. The maximum atomic E-state index is 6.15. The third-order valence-electron chi connectivity index (χ3n) is 6.88. The van der Waals surface area contributed by atoms with Crippen molar-refractivity contribution >= 4 is 5.69 Å². The summed E-state index contributed by atoms with van der Waals surface area (Å²) in [4.78, 5) is 3.98. The van der Waals surface area contributed by atoms with Gasteiger partial charge in [0.1, 0.15) is 0 Å². The Labute approximate surface area is 244 Å². The molecule has 0 radical (unpaired) electrons. The molecule has 0 unspecified atom stereocenters. The number of rotatable bonds is 7. The zero-order valence-corrected chi connectivity index (χ0v) is 23.9. The molecule has 0 N–H and O–H groups in total. The molecule has 6 heteroatoms. The van der Waals surface area contributed by atoms with Crippen molar-refractivity contribution in [1.82, 2.24) is 14.7 Å². The normalized spacial score (nSPS) is 12.9. The van der Waals surface area contributed by atoms with Crippen LogP contribution in [0.3, 0.4) is 0 Å². The molecule has 39 heavy (non-hydrogen) atoms. The molecule has 6 rings (SSSR count). The fourth-order valence-electron chi connectivity index (χ4n) is 4.74. The zero-order valence-electron chi connectivity index (χ0n) is 21.6. The average Bonchev–Trinajstić information content (AvgIpc) is 3.64. The van der Waals surface area contributed by atoms with Crippen LogP contribution in [0.25, 0.3) is 5.69 Å². The molecule has 5 nitrogen and oxygen atoms in total. The minimum atomic E-state index is -0.362. The standard InChI is InChI=1S/C33H27N4O.Pt/c1-33(26-11-5-3-6-12-26,27-13-7-4-8-14-27)28-23-34-37(24-28)30-16-10-18-32(22-30)38-31-17-9-15-29(21-31)36-20-19-35(2)25-36;/h3-20,23-25H,1-2H3;/q-3;. The molecule has 198 valence electrons. The first kappa shape index (κ1) is 26.5. The summed E-state index contributed by atoms with van der Waals surface area (Å²) in [5.41, 5.74) is 4.84. The van der Waals surface area contributed by atoms with Gasteiger partial charge in [-0.1, -0.05) is 60.7 Å². The molecule has 1 aliphatic heterocycles. The van der Waals surface area contributed by atoms with E-state index in [2.05, 4.69) is 73.8 Å². The summed E-state index contributed by atoms with van der Waals surface area (Å²) in [6.07, 6.45) is 7.98. The van der Waals surface area contributed by atoms with Crippen LogP contribution in [-0.2, 0) is 26.5 Å². The summed E-state index contributed by atoms with van der Waals surface area (Å²) < 4.78 is 8.00. The van der Waals surface area contributed by atoms with E-state index in [4.69, 9.17) is 9.84 Å². The van der Waals surface area contributed by atoms with E-state index in [0.717, 1.165) is 16.9 Å². The molecule has 0 fully saturated rings. The van der Waals surface area contributed by atoms with Gasteiger partial charge in [-0.15, -0.1) is 42.1 Å². The van der Waals surface area contributed by atoms with Crippen LogP contribution >= 0.6 is 0 Å². The Morgan fingerprint density at radius 1 is 0.718 bits per heavy atom. The molecule has 0 amide bonds. The number of hydrogen-bond acceptors (Lipinski definition) is 4. The van der Waals surface area contributed by atoms with Crippen LogP contribution in [0, 0.1) is 18.8 Å². The van der Waals surface area contributed by atoms with E-state index < -0.39 is 0 Å². The van der Waals surface area contributed by atoms with Crippen molar-refractivity contribution in [3.05, 3.63) is 157 Å². The molecule has 0 aliphatic carbocycles. The van der Waals surface area contributed by atoms with E-state index in [0.29, 0.717) is 11.5 Å². The molecule has 1 aliphatic rings. The average molecular weight is 691 g/mol. The quantitative estimate of drug-likeness (QED) is 0.173. The fourth-order valence-corrected chi connectivity index (χ4v) is 4.74. The van der Waals surface area contributed by atoms with Gasteiger partial charge in [0.25, 0.3) is 0 Å². The molecule has 2 heterocycles. The van der Waals surface area contributed by atoms with Crippen molar-refractivity contribution < 1.29 is 25.8 Å². The molecule has 0 bridgehead atoms. The topological polar surface area (TPSA) is 33.5 Å². The summed E-state index contributed by atoms with van der Waals surface area (Å²) in [6, 6.07) is 39.5. The first-order chi connectivity index (χ1) is 18.6. The van der Waals surface area contributed by atoms with Crippen molar-refractivity contribution in [2.75, 3.05) is 11.9 Å². The second-order valence-electron chi connectivity index (χ2n) is 9.42. The minimum Gasteiger partial charge on any atom is -0.510 e. The van der Waals surface area contributed by atoms with Crippen LogP contribution in [0.5, 0.6) is 11.5 Å². The Balaban J connectivity index is 0.00000308. The monoisotopic (exact) mass is 690 g/mol. The largest absolute Gasteiger partial charge is 0.510 e. The predicted molar refractivity (Wildman–Crippen MR) is 150 cm³/mol. The number of aromatic nitrogens is 2. The van der Waals surface area contributed by atoms with Gasteiger partial charge >= 0.3 is 0 Å². The van der Waals surface area contributed by atoms with E-state index in [1.165, 1.54) is 11.1 Å². The molecule has 1 aromatic heterocycles. The van der Waals surface area contributed by atoms with E-state index in [-0.39, 0.29) is 26.5 Å². The first-order valence-electron chi connectivity index (χ1n) is 12.5. The van der Waals surface area contributed by atoms with Gasteiger partial charge in [-0.3, -0.25) is 4.68 Å². The predicted octanol–water partition coefficient (Wildman–Crippen LogP) is 6.96.